The molecule has 0 amide bonds. The number of phenols is 3. The van der Waals surface area contributed by atoms with Crippen LogP contribution in [-0.4, -0.2) is 52.4 Å². The van der Waals surface area contributed by atoms with Gasteiger partial charge in [-0.2, -0.15) is 0 Å². The van der Waals surface area contributed by atoms with Gasteiger partial charge >= 0.3 is 0 Å². The molecule has 0 saturated carbocycles. The molecule has 6 heterocycles. The van der Waals surface area contributed by atoms with Crippen molar-refractivity contribution in [1.82, 2.24) is 15.0 Å². The zero-order valence-corrected chi connectivity index (χ0v) is 59.5. The van der Waals surface area contributed by atoms with Crippen LogP contribution in [0.1, 0.15) is 13.8 Å². The molecule has 15 aromatic rings. The number of aromatic nitrogens is 3. The van der Waals surface area contributed by atoms with Crippen LogP contribution >= 0.6 is 0 Å². The van der Waals surface area contributed by atoms with E-state index in [0.717, 1.165) is 116 Å². The summed E-state index contributed by atoms with van der Waals surface area (Å²) < 4.78 is 35.7. The number of carboxylic acids is 2. The summed E-state index contributed by atoms with van der Waals surface area (Å²) in [5.41, 5.74) is 13.9. The Balaban J connectivity index is 0.000000133. The minimum Gasteiger partial charge on any atom is -0.507 e. The summed E-state index contributed by atoms with van der Waals surface area (Å²) >= 11 is 0. The number of carbonyl (C=O) groups is 2. The van der Waals surface area contributed by atoms with Crippen molar-refractivity contribution in [3.05, 3.63) is 273 Å². The molecule has 0 saturated heterocycles. The first-order chi connectivity index (χ1) is 47.8. The van der Waals surface area contributed by atoms with Gasteiger partial charge in [-0.25, -0.2) is 15.0 Å². The van der Waals surface area contributed by atoms with Crippen molar-refractivity contribution in [3.63, 3.8) is 0 Å². The smallest absolute Gasteiger partial charge is 0.300 e. The first-order valence-corrected chi connectivity index (χ1v) is 30.7. The molecule has 0 atom stereocenters. The van der Waals surface area contributed by atoms with Gasteiger partial charge in [-0.15, -0.1) is 0 Å². The molecule has 12 aromatic carbocycles. The molecule has 5 N–H and O–H groups in total. The molecule has 100 heavy (non-hydrogen) atoms. The van der Waals surface area contributed by atoms with Gasteiger partial charge in [-0.05, 0) is 146 Å². The topological polar surface area (TPSA) is 251 Å². The van der Waals surface area contributed by atoms with Gasteiger partial charge < -0.3 is 67.7 Å². The third kappa shape index (κ3) is 13.9. The summed E-state index contributed by atoms with van der Waals surface area (Å²) in [6.45, 7) is 2.17. The summed E-state index contributed by atoms with van der Waals surface area (Å²) in [5.74, 6) is 4.38. The maximum atomic E-state index is 10.8. The maximum absolute atomic E-state index is 10.8. The third-order valence-electron chi connectivity index (χ3n) is 15.6. The SMILES string of the molecule is CC(=O)O.CC(=O)O.Oc1cc(N2c3ccccc3Oc3ccccc32)ccc1-c1nc2ccccc2o1.Oc1cc(N2c3ccccc3Oc3ccccc32)ccc1-c1nc2ccccc2o1.Oc1cc(N2c3ccccc3Oc3ccccc32)ccc1-c1nc2ccccc2o1.[Zn].[Zn]. The summed E-state index contributed by atoms with van der Waals surface area (Å²) in [7, 11) is 0. The van der Waals surface area contributed by atoms with Gasteiger partial charge in [0.25, 0.3) is 11.9 Å². The van der Waals surface area contributed by atoms with Crippen molar-refractivity contribution >= 4 is 96.4 Å². The van der Waals surface area contributed by atoms with Crippen LogP contribution in [0.15, 0.2) is 286 Å². The number of nitrogens with zero attached hydrogens (tertiary/aromatic N) is 6. The number of ether oxygens (including phenoxy) is 3. The van der Waals surface area contributed by atoms with Crippen molar-refractivity contribution in [2.45, 2.75) is 13.8 Å². The molecule has 0 radical (unpaired) electrons. The fourth-order valence-corrected chi connectivity index (χ4v) is 11.4. The van der Waals surface area contributed by atoms with Gasteiger partial charge in [-0.3, -0.25) is 9.59 Å². The Kier molecular flexibility index (Phi) is 19.8. The number of carboxylic acid groups (broad SMARTS) is 2. The minimum atomic E-state index is -0.833. The summed E-state index contributed by atoms with van der Waals surface area (Å²) in [6, 6.07) is 86.2. The second-order valence-corrected chi connectivity index (χ2v) is 22.2. The summed E-state index contributed by atoms with van der Waals surface area (Å²) in [6.07, 6.45) is 0. The number of phenolic OH excluding ortho intramolecular Hbond substituents is 3. The van der Waals surface area contributed by atoms with Crippen LogP contribution in [0.2, 0.25) is 0 Å². The van der Waals surface area contributed by atoms with Crippen LogP contribution in [0.4, 0.5) is 51.2 Å². The predicted octanol–water partition coefficient (Wildman–Crippen LogP) is 20.5. The van der Waals surface area contributed by atoms with Crippen molar-refractivity contribution in [2.75, 3.05) is 14.7 Å². The Bertz CT molecular complexity index is 4730. The Morgan fingerprint density at radius 2 is 0.500 bits per heavy atom. The van der Waals surface area contributed by atoms with E-state index in [4.69, 9.17) is 47.3 Å². The summed E-state index contributed by atoms with van der Waals surface area (Å²) in [5, 5.41) is 47.3. The molecule has 21 heteroatoms. The molecule has 0 unspecified atom stereocenters. The van der Waals surface area contributed by atoms with E-state index < -0.39 is 11.9 Å². The Labute approximate surface area is 596 Å². The van der Waals surface area contributed by atoms with Gasteiger partial charge in [0.05, 0.1) is 67.9 Å². The van der Waals surface area contributed by atoms with E-state index in [-0.39, 0.29) is 56.2 Å². The van der Waals surface area contributed by atoms with E-state index in [1.165, 1.54) is 0 Å². The van der Waals surface area contributed by atoms with Gasteiger partial charge in [-0.1, -0.05) is 109 Å². The largest absolute Gasteiger partial charge is 0.507 e. The number of benzene rings is 12. The third-order valence-corrected chi connectivity index (χ3v) is 15.6. The number of hydrogen-bond donors (Lipinski definition) is 5. The van der Waals surface area contributed by atoms with Gasteiger partial charge in [0.15, 0.2) is 51.2 Å². The van der Waals surface area contributed by atoms with Crippen molar-refractivity contribution in [1.29, 1.82) is 0 Å². The molecular weight excluding hydrogens is 1370 g/mol. The first-order valence-electron chi connectivity index (χ1n) is 30.7. The Morgan fingerprint density at radius 3 is 0.710 bits per heavy atom. The average Bonchev–Trinajstić information content (AvgIpc) is 0.910. The second-order valence-electron chi connectivity index (χ2n) is 22.2. The fourth-order valence-electron chi connectivity index (χ4n) is 11.4. The summed E-state index contributed by atoms with van der Waals surface area (Å²) in [4.78, 5) is 37.7. The first kappa shape index (κ1) is 67.4. The van der Waals surface area contributed by atoms with Crippen LogP contribution < -0.4 is 28.9 Å². The number of fused-ring (bicyclic) bond motifs is 9. The van der Waals surface area contributed by atoms with E-state index in [1.54, 1.807) is 18.2 Å². The number of rotatable bonds is 6. The quantitative estimate of drug-likeness (QED) is 0.0970. The van der Waals surface area contributed by atoms with Gasteiger partial charge in [0.1, 0.15) is 33.8 Å². The molecule has 484 valence electrons. The number of para-hydroxylation sites is 18. The predicted molar refractivity (Wildman–Crippen MR) is 374 cm³/mol. The molecule has 19 nitrogen and oxygen atoms in total. The van der Waals surface area contributed by atoms with E-state index in [9.17, 15) is 15.3 Å². The fraction of sp³-hybridized carbons (Fsp3) is 0.0253. The van der Waals surface area contributed by atoms with E-state index in [0.29, 0.717) is 51.1 Å². The van der Waals surface area contributed by atoms with Gasteiger partial charge in [0, 0.05) is 71.0 Å². The number of aliphatic carboxylic acids is 2. The minimum absolute atomic E-state index is 0. The normalized spacial score (nSPS) is 11.6. The van der Waals surface area contributed by atoms with Crippen molar-refractivity contribution < 1.29 is 102 Å². The number of oxazole rings is 3. The van der Waals surface area contributed by atoms with E-state index in [1.807, 2.05) is 255 Å². The molecule has 3 aliphatic heterocycles. The van der Waals surface area contributed by atoms with Crippen molar-refractivity contribution in [3.8, 4) is 86.1 Å². The monoisotopic (exact) mass is 1420 g/mol. The van der Waals surface area contributed by atoms with Crippen LogP contribution in [0.25, 0.3) is 67.7 Å². The maximum Gasteiger partial charge on any atom is 0.300 e. The van der Waals surface area contributed by atoms with Crippen molar-refractivity contribution in [2.24, 2.45) is 0 Å². The zero-order valence-electron chi connectivity index (χ0n) is 53.6. The van der Waals surface area contributed by atoms with Crippen LogP contribution in [0.3, 0.4) is 0 Å². The molecule has 3 aliphatic rings. The van der Waals surface area contributed by atoms with E-state index >= 15 is 0 Å². The number of aromatic hydroxyl groups is 3. The molecule has 3 aromatic heterocycles. The van der Waals surface area contributed by atoms with Crippen LogP contribution in [0, 0.1) is 0 Å². The van der Waals surface area contributed by atoms with E-state index in [2.05, 4.69) is 29.7 Å². The molecular formula is C79H56N6O13Zn2. The Morgan fingerprint density at radius 1 is 0.300 bits per heavy atom. The molecule has 18 rings (SSSR count). The molecule has 0 fully saturated rings. The average molecular weight is 1430 g/mol. The van der Waals surface area contributed by atoms with Crippen LogP contribution in [-0.2, 0) is 48.5 Å². The number of hydrogen-bond acceptors (Lipinski definition) is 17. The number of anilines is 9. The van der Waals surface area contributed by atoms with Crippen LogP contribution in [0.5, 0.6) is 51.7 Å². The molecule has 0 aliphatic carbocycles. The molecule has 0 bridgehead atoms. The zero-order chi connectivity index (χ0) is 67.4. The second kappa shape index (κ2) is 29.4. The van der Waals surface area contributed by atoms with Gasteiger partial charge in [0.2, 0.25) is 17.7 Å². The molecule has 0 spiro atoms. The standard InChI is InChI=1S/3C25H16N2O3.2C2H4O2.2Zn/c3*28-21-15-16(13-14-17(21)25-26-18-7-1-4-10-22(18)30-25)27-19-8-2-5-11-23(19)29-24-12-6-3-9-20(24)27;2*1-2(3)4;;/h3*1-15,28H;2*1H3,(H,3,4);;. The Hall–Kier alpha value is -12.6.